The van der Waals surface area contributed by atoms with Crippen LogP contribution in [0.15, 0.2) is 54.2 Å². The van der Waals surface area contributed by atoms with Gasteiger partial charge in [0.15, 0.2) is 5.13 Å². The van der Waals surface area contributed by atoms with E-state index in [1.807, 2.05) is 43.5 Å². The zero-order chi connectivity index (χ0) is 16.9. The van der Waals surface area contributed by atoms with Crippen molar-refractivity contribution < 1.29 is 9.53 Å². The summed E-state index contributed by atoms with van der Waals surface area (Å²) >= 11 is 1.39. The second-order valence-corrected chi connectivity index (χ2v) is 6.28. The second kappa shape index (κ2) is 7.23. The molecule has 0 atom stereocenters. The lowest BCUT2D eigenvalue weighted by Crippen LogP contribution is -2.11. The van der Waals surface area contributed by atoms with Crippen LogP contribution in [0.1, 0.15) is 24.2 Å². The smallest absolute Gasteiger partial charge is 0.257 e. The molecule has 0 saturated heterocycles. The monoisotopic (exact) mass is 339 g/mol. The van der Waals surface area contributed by atoms with Crippen molar-refractivity contribution in [1.82, 2.24) is 9.97 Å². The Morgan fingerprint density at radius 2 is 1.83 bits per heavy atom. The number of anilines is 1. The van der Waals surface area contributed by atoms with Crippen LogP contribution >= 0.6 is 11.3 Å². The van der Waals surface area contributed by atoms with E-state index in [1.165, 1.54) is 11.3 Å². The maximum atomic E-state index is 12.1. The first-order valence-electron chi connectivity index (χ1n) is 7.56. The molecule has 6 heteroatoms. The van der Waals surface area contributed by atoms with Crippen molar-refractivity contribution in [1.29, 1.82) is 0 Å². The molecular weight excluding hydrogens is 322 g/mol. The minimum absolute atomic E-state index is 0.144. The van der Waals surface area contributed by atoms with Crippen LogP contribution in [0.3, 0.4) is 0 Å². The van der Waals surface area contributed by atoms with Gasteiger partial charge < -0.3 is 4.74 Å². The Hall–Kier alpha value is -2.73. The number of hydrogen-bond acceptors (Lipinski definition) is 5. The maximum absolute atomic E-state index is 12.1. The third-order valence-corrected chi connectivity index (χ3v) is 3.95. The first-order chi connectivity index (χ1) is 11.6. The average molecular weight is 339 g/mol. The molecule has 122 valence electrons. The molecule has 0 aliphatic carbocycles. The highest BCUT2D eigenvalue weighted by atomic mass is 32.1. The van der Waals surface area contributed by atoms with Gasteiger partial charge in [0.25, 0.3) is 5.91 Å². The van der Waals surface area contributed by atoms with Crippen LogP contribution in [0, 0.1) is 0 Å². The lowest BCUT2D eigenvalue weighted by Gasteiger charge is -2.09. The number of aromatic nitrogens is 2. The number of amides is 1. The van der Waals surface area contributed by atoms with E-state index >= 15 is 0 Å². The second-order valence-electron chi connectivity index (χ2n) is 5.42. The predicted molar refractivity (Wildman–Crippen MR) is 95.5 cm³/mol. The first kappa shape index (κ1) is 16.1. The van der Waals surface area contributed by atoms with Gasteiger partial charge in [0, 0.05) is 28.9 Å². The molecule has 24 heavy (non-hydrogen) atoms. The minimum atomic E-state index is -0.195. The molecule has 3 aromatic rings. The van der Waals surface area contributed by atoms with E-state index in [0.717, 1.165) is 17.0 Å². The average Bonchev–Trinajstić information content (AvgIpc) is 3.04. The molecule has 5 nitrogen and oxygen atoms in total. The molecule has 1 N–H and O–H groups in total. The van der Waals surface area contributed by atoms with Crippen molar-refractivity contribution in [3.63, 3.8) is 0 Å². The molecule has 3 rings (SSSR count). The highest BCUT2D eigenvalue weighted by Gasteiger charge is 2.10. The fraction of sp³-hybridized carbons (Fsp3) is 0.167. The van der Waals surface area contributed by atoms with E-state index in [-0.39, 0.29) is 12.0 Å². The molecular formula is C18H17N3O2S. The van der Waals surface area contributed by atoms with Crippen LogP contribution in [0.4, 0.5) is 5.13 Å². The van der Waals surface area contributed by atoms with Crippen LogP contribution < -0.4 is 10.1 Å². The fourth-order valence-corrected chi connectivity index (χ4v) is 2.83. The number of carbonyl (C=O) groups is 1. The zero-order valence-corrected chi connectivity index (χ0v) is 14.2. The largest absolute Gasteiger partial charge is 0.491 e. The number of carbonyl (C=O) groups excluding carboxylic acids is 1. The van der Waals surface area contributed by atoms with Crippen LogP contribution in [0.2, 0.25) is 0 Å². The molecule has 1 aromatic carbocycles. The quantitative estimate of drug-likeness (QED) is 0.755. The summed E-state index contributed by atoms with van der Waals surface area (Å²) in [5, 5.41) is 5.28. The van der Waals surface area contributed by atoms with E-state index in [4.69, 9.17) is 4.74 Å². The highest BCUT2D eigenvalue weighted by molar-refractivity contribution is 7.14. The van der Waals surface area contributed by atoms with Gasteiger partial charge in [-0.3, -0.25) is 15.1 Å². The Balaban J connectivity index is 1.70. The normalized spacial score (nSPS) is 10.6. The van der Waals surface area contributed by atoms with Crippen LogP contribution in [-0.4, -0.2) is 22.0 Å². The van der Waals surface area contributed by atoms with Crippen molar-refractivity contribution in [2.75, 3.05) is 5.32 Å². The van der Waals surface area contributed by atoms with E-state index in [2.05, 4.69) is 15.3 Å². The van der Waals surface area contributed by atoms with Gasteiger partial charge in [-0.1, -0.05) is 0 Å². The zero-order valence-electron chi connectivity index (χ0n) is 13.4. The summed E-state index contributed by atoms with van der Waals surface area (Å²) in [6.45, 7) is 3.98. The van der Waals surface area contributed by atoms with Crippen LogP contribution in [0.25, 0.3) is 11.3 Å². The number of nitrogens with one attached hydrogen (secondary N) is 1. The third kappa shape index (κ3) is 3.97. The number of rotatable bonds is 5. The van der Waals surface area contributed by atoms with Gasteiger partial charge in [-0.25, -0.2) is 4.98 Å². The summed E-state index contributed by atoms with van der Waals surface area (Å²) in [7, 11) is 0. The molecule has 0 unspecified atom stereocenters. The summed E-state index contributed by atoms with van der Waals surface area (Å²) in [4.78, 5) is 20.5. The number of nitrogens with zero attached hydrogens (tertiary/aromatic N) is 2. The molecule has 2 aromatic heterocycles. The van der Waals surface area contributed by atoms with Gasteiger partial charge in [0.05, 0.1) is 11.8 Å². The van der Waals surface area contributed by atoms with Crippen molar-refractivity contribution in [3.8, 4) is 17.0 Å². The van der Waals surface area contributed by atoms with Gasteiger partial charge in [0.1, 0.15) is 5.75 Å². The van der Waals surface area contributed by atoms with Crippen LogP contribution in [-0.2, 0) is 0 Å². The SMILES string of the molecule is CC(C)Oc1ccc(-c2csc(NC(=O)c3ccncc3)n2)cc1. The van der Waals surface area contributed by atoms with Crippen molar-refractivity contribution in [2.24, 2.45) is 0 Å². The van der Waals surface area contributed by atoms with Gasteiger partial charge in [-0.2, -0.15) is 0 Å². The predicted octanol–water partition coefficient (Wildman–Crippen LogP) is 4.24. The summed E-state index contributed by atoms with van der Waals surface area (Å²) in [6, 6.07) is 11.1. The molecule has 0 fully saturated rings. The molecule has 0 aliphatic rings. The molecule has 0 spiro atoms. The van der Waals surface area contributed by atoms with Gasteiger partial charge in [-0.15, -0.1) is 11.3 Å². The van der Waals surface area contributed by atoms with Crippen molar-refractivity contribution in [2.45, 2.75) is 20.0 Å². The molecule has 0 saturated carbocycles. The Morgan fingerprint density at radius 3 is 2.50 bits per heavy atom. The number of benzene rings is 1. The van der Waals surface area contributed by atoms with E-state index in [9.17, 15) is 4.79 Å². The summed E-state index contributed by atoms with van der Waals surface area (Å²) in [5.74, 6) is 0.633. The Morgan fingerprint density at radius 1 is 1.12 bits per heavy atom. The summed E-state index contributed by atoms with van der Waals surface area (Å²) in [6.07, 6.45) is 3.32. The topological polar surface area (TPSA) is 64.1 Å². The number of ether oxygens (including phenoxy) is 1. The van der Waals surface area contributed by atoms with E-state index < -0.39 is 0 Å². The summed E-state index contributed by atoms with van der Waals surface area (Å²) < 4.78 is 5.63. The van der Waals surface area contributed by atoms with Crippen molar-refractivity contribution in [3.05, 3.63) is 59.7 Å². The van der Waals surface area contributed by atoms with Crippen LogP contribution in [0.5, 0.6) is 5.75 Å². The van der Waals surface area contributed by atoms with E-state index in [0.29, 0.717) is 10.7 Å². The minimum Gasteiger partial charge on any atom is -0.491 e. The maximum Gasteiger partial charge on any atom is 0.257 e. The fourth-order valence-electron chi connectivity index (χ4n) is 2.11. The van der Waals surface area contributed by atoms with Gasteiger partial charge >= 0.3 is 0 Å². The van der Waals surface area contributed by atoms with Crippen molar-refractivity contribution >= 4 is 22.4 Å². The number of hydrogen-bond donors (Lipinski definition) is 1. The molecule has 0 bridgehead atoms. The number of thiazole rings is 1. The molecule has 0 aliphatic heterocycles. The number of pyridine rings is 1. The molecule has 0 radical (unpaired) electrons. The van der Waals surface area contributed by atoms with Gasteiger partial charge in [-0.05, 0) is 50.2 Å². The Labute approximate surface area is 144 Å². The highest BCUT2D eigenvalue weighted by Crippen LogP contribution is 2.27. The summed E-state index contributed by atoms with van der Waals surface area (Å²) in [5.41, 5.74) is 2.35. The lowest BCUT2D eigenvalue weighted by atomic mass is 10.2. The molecule has 2 heterocycles. The lowest BCUT2D eigenvalue weighted by molar-refractivity contribution is 0.102. The standard InChI is InChI=1S/C18H17N3O2S/c1-12(2)23-15-5-3-13(4-6-15)16-11-24-18(20-16)21-17(22)14-7-9-19-10-8-14/h3-12H,1-2H3,(H,20,21,22). The van der Waals surface area contributed by atoms with Gasteiger partial charge in [0.2, 0.25) is 0 Å². The van der Waals surface area contributed by atoms with E-state index in [1.54, 1.807) is 24.5 Å². The Bertz CT molecular complexity index is 814. The third-order valence-electron chi connectivity index (χ3n) is 3.19. The Kier molecular flexibility index (Phi) is 4.86. The molecule has 1 amide bonds. The first-order valence-corrected chi connectivity index (χ1v) is 8.44.